The summed E-state index contributed by atoms with van der Waals surface area (Å²) >= 11 is 5.83. The summed E-state index contributed by atoms with van der Waals surface area (Å²) in [5, 5.41) is 4.01. The monoisotopic (exact) mass is 364 g/mol. The molecule has 0 atom stereocenters. The lowest BCUT2D eigenvalue weighted by molar-refractivity contribution is 0.358. The summed E-state index contributed by atoms with van der Waals surface area (Å²) in [6, 6.07) is 6.07. The first kappa shape index (κ1) is 17.2. The Morgan fingerprint density at radius 2 is 1.86 bits per heavy atom. The Bertz CT molecular complexity index is 845. The summed E-state index contributed by atoms with van der Waals surface area (Å²) < 4.78 is 31.4. The average molecular weight is 365 g/mol. The fourth-order valence-electron chi connectivity index (χ4n) is 2.27. The summed E-state index contributed by atoms with van der Waals surface area (Å²) in [5.74, 6) is 0. The van der Waals surface area contributed by atoms with E-state index in [2.05, 4.69) is 5.32 Å². The number of fused-ring (bicyclic) bond motifs is 1. The minimum Gasteiger partial charge on any atom is -0.422 e. The lowest BCUT2D eigenvalue weighted by Crippen LogP contribution is -2.47. The number of piperazine rings is 1. The topological polar surface area (TPSA) is 79.6 Å². The highest BCUT2D eigenvalue weighted by Crippen LogP contribution is 2.21. The minimum absolute atomic E-state index is 0. The molecule has 1 aromatic heterocycles. The van der Waals surface area contributed by atoms with E-state index in [0.717, 1.165) is 0 Å². The highest BCUT2D eigenvalue weighted by molar-refractivity contribution is 7.89. The predicted molar refractivity (Wildman–Crippen MR) is 86.4 cm³/mol. The van der Waals surface area contributed by atoms with Gasteiger partial charge in [-0.15, -0.1) is 12.4 Å². The van der Waals surface area contributed by atoms with Crippen molar-refractivity contribution in [2.75, 3.05) is 26.2 Å². The Morgan fingerprint density at radius 1 is 1.18 bits per heavy atom. The Morgan fingerprint density at radius 3 is 2.55 bits per heavy atom. The number of benzene rings is 1. The van der Waals surface area contributed by atoms with Crippen LogP contribution in [0.5, 0.6) is 0 Å². The van der Waals surface area contributed by atoms with Crippen LogP contribution in [0, 0.1) is 0 Å². The molecule has 1 N–H and O–H groups in total. The Hall–Kier alpha value is -1.12. The number of hydrogen-bond donors (Lipinski definition) is 1. The van der Waals surface area contributed by atoms with Crippen LogP contribution in [0.2, 0.25) is 5.02 Å². The van der Waals surface area contributed by atoms with E-state index in [9.17, 15) is 13.2 Å². The standard InChI is InChI=1S/C13H13ClN2O4S.ClH/c14-10-2-1-9-7-12(13(17)20-11(9)8-10)21(18,19)16-5-3-15-4-6-16;/h1-2,7-8,15H,3-6H2;1H. The molecular weight excluding hydrogens is 351 g/mol. The SMILES string of the molecule is Cl.O=c1oc2cc(Cl)ccc2cc1S(=O)(=O)N1CCNCC1. The maximum Gasteiger partial charge on any atom is 0.356 e. The van der Waals surface area contributed by atoms with Crippen molar-refractivity contribution in [3.8, 4) is 0 Å². The van der Waals surface area contributed by atoms with Gasteiger partial charge in [0.25, 0.3) is 0 Å². The molecule has 120 valence electrons. The number of halogens is 2. The third-order valence-corrected chi connectivity index (χ3v) is 5.48. The van der Waals surface area contributed by atoms with E-state index in [1.807, 2.05) is 0 Å². The molecule has 0 bridgehead atoms. The molecule has 0 saturated carbocycles. The first-order valence-corrected chi connectivity index (χ1v) is 8.24. The largest absolute Gasteiger partial charge is 0.422 e. The van der Waals surface area contributed by atoms with Crippen molar-refractivity contribution in [2.24, 2.45) is 0 Å². The summed E-state index contributed by atoms with van der Waals surface area (Å²) in [6.07, 6.45) is 0. The summed E-state index contributed by atoms with van der Waals surface area (Å²) in [5.41, 5.74) is -0.602. The van der Waals surface area contributed by atoms with Crippen molar-refractivity contribution < 1.29 is 12.8 Å². The Labute approximate surface area is 138 Å². The number of nitrogens with zero attached hydrogens (tertiary/aromatic N) is 1. The maximum atomic E-state index is 12.5. The second-order valence-corrected chi connectivity index (χ2v) is 7.08. The van der Waals surface area contributed by atoms with E-state index in [1.54, 1.807) is 12.1 Å². The van der Waals surface area contributed by atoms with Crippen LogP contribution in [-0.2, 0) is 10.0 Å². The lowest BCUT2D eigenvalue weighted by atomic mass is 10.2. The first-order valence-electron chi connectivity index (χ1n) is 6.43. The first-order chi connectivity index (χ1) is 9.98. The van der Waals surface area contributed by atoms with Crippen LogP contribution in [0.15, 0.2) is 38.4 Å². The van der Waals surface area contributed by atoms with Gasteiger partial charge in [-0.25, -0.2) is 13.2 Å². The fourth-order valence-corrected chi connectivity index (χ4v) is 3.90. The molecular formula is C13H14Cl2N2O4S. The second-order valence-electron chi connectivity index (χ2n) is 4.73. The maximum absolute atomic E-state index is 12.5. The third kappa shape index (κ3) is 3.13. The molecule has 6 nitrogen and oxygen atoms in total. The van der Waals surface area contributed by atoms with E-state index in [-0.39, 0.29) is 22.9 Å². The molecule has 2 heterocycles. The molecule has 9 heteroatoms. The molecule has 3 rings (SSSR count). The van der Waals surface area contributed by atoms with Crippen LogP contribution in [0.1, 0.15) is 0 Å². The van der Waals surface area contributed by atoms with Gasteiger partial charge < -0.3 is 9.73 Å². The van der Waals surface area contributed by atoms with Crippen molar-refractivity contribution in [1.29, 1.82) is 0 Å². The molecule has 1 aliphatic heterocycles. The van der Waals surface area contributed by atoms with Gasteiger partial charge in [0, 0.05) is 42.7 Å². The van der Waals surface area contributed by atoms with Crippen molar-refractivity contribution in [1.82, 2.24) is 9.62 Å². The lowest BCUT2D eigenvalue weighted by Gasteiger charge is -2.26. The van der Waals surface area contributed by atoms with E-state index >= 15 is 0 Å². The van der Waals surface area contributed by atoms with Crippen molar-refractivity contribution >= 4 is 45.0 Å². The summed E-state index contributed by atoms with van der Waals surface area (Å²) in [6.45, 7) is 1.79. The average Bonchev–Trinajstić information content (AvgIpc) is 2.47. The molecule has 1 aliphatic rings. The van der Waals surface area contributed by atoms with Gasteiger partial charge in [-0.3, -0.25) is 0 Å². The summed E-state index contributed by atoms with van der Waals surface area (Å²) in [4.78, 5) is 11.7. The molecule has 0 radical (unpaired) electrons. The van der Waals surface area contributed by atoms with Gasteiger partial charge in [-0.2, -0.15) is 4.31 Å². The molecule has 1 fully saturated rings. The Balaban J connectivity index is 0.00000176. The van der Waals surface area contributed by atoms with Gasteiger partial charge in [0.2, 0.25) is 10.0 Å². The quantitative estimate of drug-likeness (QED) is 0.816. The molecule has 0 unspecified atom stereocenters. The normalized spacial score (nSPS) is 16.4. The Kier molecular flexibility index (Phi) is 5.14. The molecule has 0 spiro atoms. The van der Waals surface area contributed by atoms with E-state index in [0.29, 0.717) is 36.6 Å². The van der Waals surface area contributed by atoms with Gasteiger partial charge >= 0.3 is 5.63 Å². The minimum atomic E-state index is -3.84. The zero-order valence-electron chi connectivity index (χ0n) is 11.4. The van der Waals surface area contributed by atoms with Crippen LogP contribution in [-0.4, -0.2) is 38.9 Å². The molecule has 2 aromatic rings. The van der Waals surface area contributed by atoms with Gasteiger partial charge in [0.15, 0.2) is 4.90 Å². The fraction of sp³-hybridized carbons (Fsp3) is 0.308. The van der Waals surface area contributed by atoms with Crippen LogP contribution >= 0.6 is 24.0 Å². The van der Waals surface area contributed by atoms with Crippen molar-refractivity contribution in [3.63, 3.8) is 0 Å². The number of hydrogen-bond acceptors (Lipinski definition) is 5. The number of nitrogens with one attached hydrogen (secondary N) is 1. The van der Waals surface area contributed by atoms with Crippen LogP contribution < -0.4 is 10.9 Å². The van der Waals surface area contributed by atoms with Gasteiger partial charge in [0.1, 0.15) is 5.58 Å². The van der Waals surface area contributed by atoms with E-state index in [4.69, 9.17) is 16.0 Å². The van der Waals surface area contributed by atoms with Crippen LogP contribution in [0.25, 0.3) is 11.0 Å². The highest BCUT2D eigenvalue weighted by Gasteiger charge is 2.29. The van der Waals surface area contributed by atoms with Crippen molar-refractivity contribution in [2.45, 2.75) is 4.90 Å². The molecule has 22 heavy (non-hydrogen) atoms. The molecule has 1 saturated heterocycles. The van der Waals surface area contributed by atoms with Gasteiger partial charge in [0.05, 0.1) is 0 Å². The highest BCUT2D eigenvalue weighted by atomic mass is 35.5. The van der Waals surface area contributed by atoms with Gasteiger partial charge in [-0.05, 0) is 18.2 Å². The number of rotatable bonds is 2. The van der Waals surface area contributed by atoms with Gasteiger partial charge in [-0.1, -0.05) is 11.6 Å². The number of sulfonamides is 1. The molecule has 0 aliphatic carbocycles. The zero-order valence-corrected chi connectivity index (χ0v) is 13.8. The smallest absolute Gasteiger partial charge is 0.356 e. The van der Waals surface area contributed by atoms with E-state index < -0.39 is 15.6 Å². The van der Waals surface area contributed by atoms with Crippen LogP contribution in [0.3, 0.4) is 0 Å². The zero-order chi connectivity index (χ0) is 15.0. The predicted octanol–water partition coefficient (Wildman–Crippen LogP) is 1.46. The van der Waals surface area contributed by atoms with Crippen molar-refractivity contribution in [3.05, 3.63) is 39.7 Å². The molecule has 0 amide bonds. The summed E-state index contributed by atoms with van der Waals surface area (Å²) in [7, 11) is -3.84. The molecule has 1 aromatic carbocycles. The van der Waals surface area contributed by atoms with Crippen LogP contribution in [0.4, 0.5) is 0 Å². The third-order valence-electron chi connectivity index (χ3n) is 3.36. The second kappa shape index (κ2) is 6.55. The van der Waals surface area contributed by atoms with E-state index in [1.165, 1.54) is 16.4 Å².